The van der Waals surface area contributed by atoms with Crippen LogP contribution in [0.25, 0.3) is 10.9 Å². The Labute approximate surface area is 121 Å². The molecule has 0 aliphatic carbocycles. The fraction of sp³-hybridized carbons (Fsp3) is 0.167. The van der Waals surface area contributed by atoms with E-state index in [0.29, 0.717) is 5.52 Å². The van der Waals surface area contributed by atoms with Crippen LogP contribution in [0.2, 0.25) is 0 Å². The van der Waals surface area contributed by atoms with Crippen molar-refractivity contribution in [2.45, 2.75) is 10.9 Å². The number of carbonyl (C=O) groups excluding carboxylic acids is 1. The van der Waals surface area contributed by atoms with Gasteiger partial charge in [0.15, 0.2) is 0 Å². The van der Waals surface area contributed by atoms with E-state index in [1.54, 1.807) is 24.4 Å². The number of hydrogen-bond acceptors (Lipinski definition) is 6. The van der Waals surface area contributed by atoms with Crippen molar-refractivity contribution >= 4 is 26.8 Å². The number of pyridine rings is 1. The van der Waals surface area contributed by atoms with E-state index in [0.717, 1.165) is 5.39 Å². The molecule has 0 saturated carbocycles. The molecule has 5 N–H and O–H groups in total. The van der Waals surface area contributed by atoms with Gasteiger partial charge in [-0.05, 0) is 18.2 Å². The van der Waals surface area contributed by atoms with E-state index in [4.69, 9.17) is 10.9 Å². The van der Waals surface area contributed by atoms with Gasteiger partial charge in [-0.3, -0.25) is 15.0 Å². The molecule has 0 fully saturated rings. The second-order valence-corrected chi connectivity index (χ2v) is 5.96. The van der Waals surface area contributed by atoms with Crippen molar-refractivity contribution in [3.05, 3.63) is 36.5 Å². The number of nitrogens with two attached hydrogens (primary N) is 1. The number of hydrogen-bond donors (Lipinski definition) is 4. The Kier molecular flexibility index (Phi) is 4.48. The summed E-state index contributed by atoms with van der Waals surface area (Å²) in [6.45, 7) is -0.294. The highest BCUT2D eigenvalue weighted by molar-refractivity contribution is 7.89. The molecule has 0 aliphatic heterocycles. The summed E-state index contributed by atoms with van der Waals surface area (Å²) in [6, 6.07) is 6.68. The summed E-state index contributed by atoms with van der Waals surface area (Å²) in [5.74, 6) is -0.931. The molecular weight excluding hydrogens is 296 g/mol. The number of nitrogens with zero attached hydrogens (tertiary/aromatic N) is 1. The molecule has 0 aliphatic rings. The van der Waals surface area contributed by atoms with E-state index in [9.17, 15) is 13.2 Å². The van der Waals surface area contributed by atoms with Gasteiger partial charge in [0, 0.05) is 18.1 Å². The lowest BCUT2D eigenvalue weighted by Crippen LogP contribution is -2.49. The first-order valence-electron chi connectivity index (χ1n) is 5.99. The molecule has 1 amide bonds. The van der Waals surface area contributed by atoms with E-state index in [2.05, 4.69) is 9.71 Å². The third kappa shape index (κ3) is 3.34. The highest BCUT2D eigenvalue weighted by atomic mass is 32.2. The molecule has 2 aromatic rings. The maximum absolute atomic E-state index is 12.2. The first kappa shape index (κ1) is 15.3. The van der Waals surface area contributed by atoms with Gasteiger partial charge in [0.25, 0.3) is 5.91 Å². The average Bonchev–Trinajstić information content (AvgIpc) is 2.51. The summed E-state index contributed by atoms with van der Waals surface area (Å²) in [6.07, 6.45) is 1.55. The van der Waals surface area contributed by atoms with Crippen LogP contribution >= 0.6 is 0 Å². The predicted octanol–water partition coefficient (Wildman–Crippen LogP) is -0.654. The number of fused-ring (bicyclic) bond motifs is 1. The molecule has 1 heterocycles. The Hall–Kier alpha value is -2.07. The molecule has 0 unspecified atom stereocenters. The minimum absolute atomic E-state index is 0.0436. The van der Waals surface area contributed by atoms with Gasteiger partial charge in [-0.25, -0.2) is 13.9 Å². The molecular formula is C12H14N4O4S. The second-order valence-electron chi connectivity index (χ2n) is 4.24. The second kappa shape index (κ2) is 6.14. The van der Waals surface area contributed by atoms with Crippen LogP contribution in [-0.2, 0) is 14.8 Å². The number of carbonyl (C=O) groups is 1. The molecule has 2 rings (SSSR count). The Morgan fingerprint density at radius 3 is 2.81 bits per heavy atom. The first-order valence-corrected chi connectivity index (χ1v) is 7.47. The van der Waals surface area contributed by atoms with Gasteiger partial charge in [-0.15, -0.1) is 0 Å². The Balaban J connectivity index is 2.35. The van der Waals surface area contributed by atoms with Gasteiger partial charge >= 0.3 is 0 Å². The normalized spacial score (nSPS) is 13.0. The molecule has 21 heavy (non-hydrogen) atoms. The molecule has 1 aromatic heterocycles. The highest BCUT2D eigenvalue weighted by Crippen LogP contribution is 2.17. The third-order valence-electron chi connectivity index (χ3n) is 2.85. The van der Waals surface area contributed by atoms with Crippen molar-refractivity contribution < 1.29 is 18.4 Å². The highest BCUT2D eigenvalue weighted by Gasteiger charge is 2.24. The Morgan fingerprint density at radius 2 is 2.14 bits per heavy atom. The number of amides is 1. The fourth-order valence-electron chi connectivity index (χ4n) is 1.76. The average molecular weight is 310 g/mol. The number of aromatic nitrogens is 1. The summed E-state index contributed by atoms with van der Waals surface area (Å²) in [5, 5.41) is 9.34. The minimum atomic E-state index is -3.96. The molecule has 8 nitrogen and oxygen atoms in total. The van der Waals surface area contributed by atoms with Gasteiger partial charge in [-0.2, -0.15) is 4.72 Å². The van der Waals surface area contributed by atoms with E-state index in [1.165, 1.54) is 17.6 Å². The SMILES string of the molecule is NC[C@H](NS(=O)(=O)c1ccc2cccnc2c1)C(=O)NO. The van der Waals surface area contributed by atoms with E-state index >= 15 is 0 Å². The molecule has 0 bridgehead atoms. The molecule has 0 spiro atoms. The van der Waals surface area contributed by atoms with Gasteiger partial charge in [0.1, 0.15) is 6.04 Å². The lowest BCUT2D eigenvalue weighted by atomic mass is 10.2. The topological polar surface area (TPSA) is 134 Å². The maximum Gasteiger partial charge on any atom is 0.262 e. The summed E-state index contributed by atoms with van der Waals surface area (Å²) < 4.78 is 26.5. The third-order valence-corrected chi connectivity index (χ3v) is 4.32. The van der Waals surface area contributed by atoms with Crippen molar-refractivity contribution in [2.24, 2.45) is 5.73 Å². The van der Waals surface area contributed by atoms with Gasteiger partial charge in [0.05, 0.1) is 10.4 Å². The summed E-state index contributed by atoms with van der Waals surface area (Å²) in [5.41, 5.74) is 7.19. The van der Waals surface area contributed by atoms with Crippen molar-refractivity contribution in [3.8, 4) is 0 Å². The predicted molar refractivity (Wildman–Crippen MR) is 74.8 cm³/mol. The van der Waals surface area contributed by atoms with Gasteiger partial charge in [0.2, 0.25) is 10.0 Å². The summed E-state index contributed by atoms with van der Waals surface area (Å²) in [7, 11) is -3.96. The zero-order valence-corrected chi connectivity index (χ0v) is 11.7. The van der Waals surface area contributed by atoms with Crippen LogP contribution in [0, 0.1) is 0 Å². The van der Waals surface area contributed by atoms with Crippen LogP contribution < -0.4 is 15.9 Å². The Bertz CT molecular complexity index is 763. The molecule has 9 heteroatoms. The minimum Gasteiger partial charge on any atom is -0.328 e. The van der Waals surface area contributed by atoms with Crippen LogP contribution in [0.4, 0.5) is 0 Å². The molecule has 1 atom stereocenters. The quantitative estimate of drug-likeness (QED) is 0.428. The van der Waals surface area contributed by atoms with Gasteiger partial charge < -0.3 is 5.73 Å². The first-order chi connectivity index (χ1) is 9.97. The van der Waals surface area contributed by atoms with Crippen molar-refractivity contribution in [3.63, 3.8) is 0 Å². The lowest BCUT2D eigenvalue weighted by molar-refractivity contribution is -0.130. The van der Waals surface area contributed by atoms with Crippen LogP contribution in [0.5, 0.6) is 0 Å². The molecule has 0 saturated heterocycles. The number of sulfonamides is 1. The Morgan fingerprint density at radius 1 is 1.38 bits per heavy atom. The smallest absolute Gasteiger partial charge is 0.262 e. The van der Waals surface area contributed by atoms with Crippen LogP contribution in [0.1, 0.15) is 0 Å². The van der Waals surface area contributed by atoms with E-state index in [1.807, 2.05) is 0 Å². The number of rotatable bonds is 5. The maximum atomic E-state index is 12.2. The van der Waals surface area contributed by atoms with E-state index in [-0.39, 0.29) is 11.4 Å². The van der Waals surface area contributed by atoms with Crippen molar-refractivity contribution in [1.82, 2.24) is 15.2 Å². The largest absolute Gasteiger partial charge is 0.328 e. The lowest BCUT2D eigenvalue weighted by Gasteiger charge is -2.15. The number of nitrogens with one attached hydrogen (secondary N) is 2. The monoisotopic (exact) mass is 310 g/mol. The zero-order valence-electron chi connectivity index (χ0n) is 10.9. The van der Waals surface area contributed by atoms with Crippen LogP contribution in [0.15, 0.2) is 41.4 Å². The van der Waals surface area contributed by atoms with Gasteiger partial charge in [-0.1, -0.05) is 12.1 Å². The molecule has 0 radical (unpaired) electrons. The number of hydroxylamine groups is 1. The number of benzene rings is 1. The zero-order chi connectivity index (χ0) is 15.5. The fourth-order valence-corrected chi connectivity index (χ4v) is 2.98. The standard InChI is InChI=1S/C12H14N4O4S/c13-7-11(12(17)15-18)16-21(19,20)9-4-3-8-2-1-5-14-10(8)6-9/h1-6,11,16,18H,7,13H2,(H,15,17)/t11-/m0/s1. The molecule has 1 aromatic carbocycles. The summed E-state index contributed by atoms with van der Waals surface area (Å²) >= 11 is 0. The van der Waals surface area contributed by atoms with Crippen LogP contribution in [0.3, 0.4) is 0 Å². The van der Waals surface area contributed by atoms with Crippen molar-refractivity contribution in [1.29, 1.82) is 0 Å². The van der Waals surface area contributed by atoms with Crippen molar-refractivity contribution in [2.75, 3.05) is 6.54 Å². The summed E-state index contributed by atoms with van der Waals surface area (Å²) in [4.78, 5) is 15.3. The van der Waals surface area contributed by atoms with Crippen LogP contribution in [-0.4, -0.2) is 37.1 Å². The van der Waals surface area contributed by atoms with E-state index < -0.39 is 22.0 Å². The molecule has 112 valence electrons.